The summed E-state index contributed by atoms with van der Waals surface area (Å²) >= 11 is 0. The molecule has 210 valence electrons. The molecule has 8 nitrogen and oxygen atoms in total. The van der Waals surface area contributed by atoms with Gasteiger partial charge in [0.2, 0.25) is 0 Å². The number of benzene rings is 1. The first-order valence-electron chi connectivity index (χ1n) is 9.93. The second-order valence-corrected chi connectivity index (χ2v) is 7.15. The summed E-state index contributed by atoms with van der Waals surface area (Å²) in [7, 11) is 1.08. The van der Waals surface area contributed by atoms with Crippen molar-refractivity contribution in [2.75, 3.05) is 7.11 Å². The summed E-state index contributed by atoms with van der Waals surface area (Å²) in [4.78, 5) is 36.4. The smallest absolute Gasteiger partial charge is 0.475 e. The fraction of sp³-hybridized carbons (Fsp3) is 0.333. The minimum absolute atomic E-state index is 0.0851. The van der Waals surface area contributed by atoms with Gasteiger partial charge in [-0.3, -0.25) is 4.98 Å². The summed E-state index contributed by atoms with van der Waals surface area (Å²) in [6.07, 6.45) is -13.5. The van der Waals surface area contributed by atoms with E-state index in [0.717, 1.165) is 37.6 Å². The van der Waals surface area contributed by atoms with Gasteiger partial charge >= 0.3 is 36.5 Å². The maximum absolute atomic E-state index is 13.5. The lowest BCUT2D eigenvalue weighted by atomic mass is 9.98. The number of amides is 2. The van der Waals surface area contributed by atoms with E-state index in [4.69, 9.17) is 9.90 Å². The Kier molecular flexibility index (Phi) is 10.5. The molecule has 2 amide bonds. The van der Waals surface area contributed by atoms with Crippen LogP contribution in [0.5, 0.6) is 0 Å². The molecule has 38 heavy (non-hydrogen) atoms. The van der Waals surface area contributed by atoms with E-state index < -0.39 is 65.4 Å². The quantitative estimate of drug-likeness (QED) is 0.359. The number of nitrogens with zero attached hydrogens (tertiary/aromatic N) is 1. The molecular formula is C21H18F9N3O5. The molecule has 0 aliphatic carbocycles. The Hall–Kier alpha value is -4.05. The first kappa shape index (κ1) is 32.0. The van der Waals surface area contributed by atoms with Crippen LogP contribution in [0.3, 0.4) is 0 Å². The van der Waals surface area contributed by atoms with E-state index in [1.54, 1.807) is 0 Å². The third-order valence-corrected chi connectivity index (χ3v) is 4.41. The molecule has 1 heterocycles. The highest BCUT2D eigenvalue weighted by molar-refractivity contribution is 5.83. The summed E-state index contributed by atoms with van der Waals surface area (Å²) in [5.41, 5.74) is -2.91. The molecule has 1 aromatic carbocycles. The number of carboxylic acids is 1. The van der Waals surface area contributed by atoms with E-state index in [1.807, 2.05) is 0 Å². The van der Waals surface area contributed by atoms with Gasteiger partial charge < -0.3 is 20.5 Å². The van der Waals surface area contributed by atoms with E-state index in [9.17, 15) is 49.1 Å². The number of aromatic nitrogens is 1. The summed E-state index contributed by atoms with van der Waals surface area (Å²) in [5, 5.41) is 11.5. The van der Waals surface area contributed by atoms with Crippen LogP contribution in [0, 0.1) is 0 Å². The molecule has 0 fully saturated rings. The van der Waals surface area contributed by atoms with Crippen molar-refractivity contribution in [3.8, 4) is 0 Å². The van der Waals surface area contributed by atoms with Gasteiger partial charge in [-0.2, -0.15) is 39.5 Å². The van der Waals surface area contributed by atoms with Gasteiger partial charge in [0, 0.05) is 6.20 Å². The van der Waals surface area contributed by atoms with Crippen LogP contribution in [0.25, 0.3) is 0 Å². The first-order valence-corrected chi connectivity index (χ1v) is 9.93. The van der Waals surface area contributed by atoms with E-state index >= 15 is 0 Å². The molecule has 0 aliphatic heterocycles. The fourth-order valence-electron chi connectivity index (χ4n) is 2.67. The Labute approximate surface area is 207 Å². The predicted molar refractivity (Wildman–Crippen MR) is 109 cm³/mol. The van der Waals surface area contributed by atoms with Crippen LogP contribution < -0.4 is 10.6 Å². The molecule has 0 spiro atoms. The van der Waals surface area contributed by atoms with E-state index in [-0.39, 0.29) is 5.56 Å². The molecule has 0 radical (unpaired) electrons. The number of urea groups is 1. The summed E-state index contributed by atoms with van der Waals surface area (Å²) in [5.74, 6) is -3.57. The van der Waals surface area contributed by atoms with Gasteiger partial charge in [0.1, 0.15) is 6.04 Å². The predicted octanol–water partition coefficient (Wildman–Crippen LogP) is 4.70. The molecule has 17 heteroatoms. The van der Waals surface area contributed by atoms with Crippen molar-refractivity contribution >= 4 is 18.0 Å². The Morgan fingerprint density at radius 2 is 1.42 bits per heavy atom. The van der Waals surface area contributed by atoms with Crippen molar-refractivity contribution in [3.05, 3.63) is 65.0 Å². The van der Waals surface area contributed by atoms with Crippen molar-refractivity contribution in [3.63, 3.8) is 0 Å². The zero-order valence-corrected chi connectivity index (χ0v) is 19.1. The van der Waals surface area contributed by atoms with E-state index in [2.05, 4.69) is 20.4 Å². The number of rotatable bonds is 5. The Balaban J connectivity index is 0.000000905. The number of hydrogen-bond donors (Lipinski definition) is 3. The van der Waals surface area contributed by atoms with Crippen LogP contribution in [0.1, 0.15) is 35.3 Å². The zero-order chi connectivity index (χ0) is 29.5. The van der Waals surface area contributed by atoms with Gasteiger partial charge in [-0.15, -0.1) is 0 Å². The normalized spacial score (nSPS) is 13.3. The number of carbonyl (C=O) groups excluding carboxylic acids is 2. The highest BCUT2D eigenvalue weighted by atomic mass is 19.4. The van der Waals surface area contributed by atoms with Crippen LogP contribution in [0.4, 0.5) is 44.3 Å². The van der Waals surface area contributed by atoms with Crippen molar-refractivity contribution in [1.29, 1.82) is 0 Å². The number of carbonyl (C=O) groups is 3. The number of nitrogens with one attached hydrogen (secondary N) is 2. The molecule has 0 saturated carbocycles. The summed E-state index contributed by atoms with van der Waals surface area (Å²) in [6.45, 7) is 1.28. The third-order valence-electron chi connectivity index (χ3n) is 4.41. The largest absolute Gasteiger partial charge is 0.490 e. The van der Waals surface area contributed by atoms with Crippen molar-refractivity contribution in [1.82, 2.24) is 15.6 Å². The average Bonchev–Trinajstić information content (AvgIpc) is 2.80. The molecule has 2 atom stereocenters. The van der Waals surface area contributed by atoms with Gasteiger partial charge in [-0.05, 0) is 36.8 Å². The van der Waals surface area contributed by atoms with Gasteiger partial charge in [0.25, 0.3) is 0 Å². The van der Waals surface area contributed by atoms with Crippen molar-refractivity contribution < 1.29 is 63.7 Å². The number of aliphatic carboxylic acids is 1. The van der Waals surface area contributed by atoms with Crippen molar-refractivity contribution in [2.45, 2.75) is 37.5 Å². The topological polar surface area (TPSA) is 118 Å². The molecule has 3 N–H and O–H groups in total. The fourth-order valence-corrected chi connectivity index (χ4v) is 2.67. The Morgan fingerprint density at radius 3 is 1.84 bits per heavy atom. The standard InChI is InChI=1S/C19H17F6N3O3.C2HF3O2/c1-10(16(29)31-2)27-17(30)28-14(11-5-7-12(8-6-11)18(20,21)22)15-13(19(23,24)25)4-3-9-26-15;3-2(4,5)1(6)7/h3-10,14H,1-2H3,(H2,27,28,30);(H,6,7)/t10-,14-;/m0./s1. The number of methoxy groups -OCH3 is 1. The maximum atomic E-state index is 13.5. The Bertz CT molecular complexity index is 1120. The number of hydrogen-bond acceptors (Lipinski definition) is 5. The summed E-state index contributed by atoms with van der Waals surface area (Å²) in [6, 6.07) is 1.24. The number of ether oxygens (including phenoxy) is 1. The lowest BCUT2D eigenvalue weighted by molar-refractivity contribution is -0.192. The van der Waals surface area contributed by atoms with Gasteiger partial charge in [-0.1, -0.05) is 12.1 Å². The third kappa shape index (κ3) is 9.44. The van der Waals surface area contributed by atoms with Crippen LogP contribution in [-0.4, -0.2) is 47.4 Å². The highest BCUT2D eigenvalue weighted by Crippen LogP contribution is 2.36. The minimum Gasteiger partial charge on any atom is -0.475 e. The highest BCUT2D eigenvalue weighted by Gasteiger charge is 2.39. The molecule has 2 rings (SSSR count). The summed E-state index contributed by atoms with van der Waals surface area (Å²) < 4.78 is 115. The molecule has 0 unspecified atom stereocenters. The van der Waals surface area contributed by atoms with Crippen LogP contribution >= 0.6 is 0 Å². The van der Waals surface area contributed by atoms with Gasteiger partial charge in [0.15, 0.2) is 0 Å². The number of halogens is 9. The molecule has 0 saturated heterocycles. The minimum atomic E-state index is -5.08. The van der Waals surface area contributed by atoms with E-state index in [0.29, 0.717) is 12.1 Å². The van der Waals surface area contributed by atoms with Gasteiger partial charge in [0.05, 0.1) is 30.0 Å². The van der Waals surface area contributed by atoms with Crippen LogP contribution in [-0.2, 0) is 26.7 Å². The molecule has 2 aromatic rings. The Morgan fingerprint density at radius 1 is 0.895 bits per heavy atom. The van der Waals surface area contributed by atoms with Gasteiger partial charge in [-0.25, -0.2) is 14.4 Å². The SMILES string of the molecule is COC(=O)[C@H](C)NC(=O)N[C@@H](c1ccc(C(F)(F)F)cc1)c1ncccc1C(F)(F)F.O=C(O)C(F)(F)F. The average molecular weight is 563 g/mol. The molecule has 0 bridgehead atoms. The first-order chi connectivity index (χ1) is 17.3. The molecular weight excluding hydrogens is 545 g/mol. The molecule has 1 aromatic heterocycles. The number of alkyl halides is 9. The van der Waals surface area contributed by atoms with Crippen LogP contribution in [0.2, 0.25) is 0 Å². The number of pyridine rings is 1. The van der Waals surface area contributed by atoms with Crippen LogP contribution in [0.15, 0.2) is 42.6 Å². The number of carboxylic acid groups (broad SMARTS) is 1. The lowest BCUT2D eigenvalue weighted by Gasteiger charge is -2.23. The number of esters is 1. The monoisotopic (exact) mass is 563 g/mol. The zero-order valence-electron chi connectivity index (χ0n) is 19.1. The lowest BCUT2D eigenvalue weighted by Crippen LogP contribution is -2.46. The maximum Gasteiger partial charge on any atom is 0.490 e. The second kappa shape index (κ2) is 12.5. The van der Waals surface area contributed by atoms with Crippen molar-refractivity contribution in [2.24, 2.45) is 0 Å². The second-order valence-electron chi connectivity index (χ2n) is 7.15. The van der Waals surface area contributed by atoms with E-state index in [1.165, 1.54) is 6.92 Å². The molecule has 0 aliphatic rings.